The van der Waals surface area contributed by atoms with Gasteiger partial charge in [0.25, 0.3) is 0 Å². The number of carbonyl (C=O) groups is 3. The number of amides is 1. The molecule has 29 heavy (non-hydrogen) atoms. The summed E-state index contributed by atoms with van der Waals surface area (Å²) >= 11 is 3.64. The minimum Gasteiger partial charge on any atom is -0.477 e. The first-order valence-electron chi connectivity index (χ1n) is 9.66. The molecular formula is C19H31NO5S3Si. The molecule has 6 nitrogen and oxygen atoms in total. The molecule has 0 saturated carbocycles. The molecule has 0 radical (unpaired) electrons. The maximum atomic E-state index is 13.1. The predicted molar refractivity (Wildman–Crippen MR) is 124 cm³/mol. The van der Waals surface area contributed by atoms with Crippen molar-refractivity contribution in [1.82, 2.24) is 4.90 Å². The fourth-order valence-corrected chi connectivity index (χ4v) is 8.26. The number of aliphatic carboxylic acids is 1. The molecule has 2 heterocycles. The van der Waals surface area contributed by atoms with Gasteiger partial charge in [-0.25, -0.2) is 4.79 Å². The minimum absolute atomic E-state index is 0.0173. The zero-order valence-electron chi connectivity index (χ0n) is 18.3. The summed E-state index contributed by atoms with van der Waals surface area (Å²) in [7, 11) is -2.07. The van der Waals surface area contributed by atoms with Crippen molar-refractivity contribution in [1.29, 1.82) is 0 Å². The molecule has 0 spiro atoms. The summed E-state index contributed by atoms with van der Waals surface area (Å²) in [5.41, 5.74) is -0.0653. The van der Waals surface area contributed by atoms with E-state index in [1.54, 1.807) is 0 Å². The maximum absolute atomic E-state index is 13.1. The molecule has 0 aliphatic carbocycles. The highest BCUT2D eigenvalue weighted by Crippen LogP contribution is 2.50. The smallest absolute Gasteiger partial charge is 0.354 e. The van der Waals surface area contributed by atoms with E-state index in [1.807, 2.05) is 20.1 Å². The molecular weight excluding hydrogens is 446 g/mol. The number of rotatable bonds is 7. The van der Waals surface area contributed by atoms with Crippen molar-refractivity contribution >= 4 is 60.6 Å². The van der Waals surface area contributed by atoms with E-state index in [0.29, 0.717) is 10.7 Å². The SMILES string of the molecule is CCC1SC(=C(C(=O)O)N2C(=O)C(C(C)O[Si](C)(C)C(C)(C)C)C2SC)SC1=O. The molecule has 0 aromatic heterocycles. The Morgan fingerprint density at radius 3 is 2.34 bits per heavy atom. The topological polar surface area (TPSA) is 83.9 Å². The average Bonchev–Trinajstić information content (AvgIpc) is 2.95. The molecule has 1 N–H and O–H groups in total. The van der Waals surface area contributed by atoms with Crippen molar-refractivity contribution in [3.8, 4) is 0 Å². The number of likely N-dealkylation sites (tertiary alicyclic amines) is 1. The minimum atomic E-state index is -2.07. The van der Waals surface area contributed by atoms with E-state index < -0.39 is 20.2 Å². The van der Waals surface area contributed by atoms with Crippen LogP contribution in [0, 0.1) is 5.92 Å². The van der Waals surface area contributed by atoms with E-state index in [-0.39, 0.29) is 38.5 Å². The van der Waals surface area contributed by atoms with Crippen LogP contribution in [0.15, 0.2) is 9.93 Å². The second-order valence-corrected chi connectivity index (χ2v) is 17.0. The molecule has 4 unspecified atom stereocenters. The standard InChI is InChI=1S/C19H31NO5S3Si/c1-9-11-17(24)28-18(27-11)13(16(22)23)20-14(21)12(15(20)26-6)10(2)25-29(7,8)19(3,4)5/h10-12,15H,9H2,1-8H3,(H,22,23). The van der Waals surface area contributed by atoms with E-state index in [4.69, 9.17) is 4.43 Å². The van der Waals surface area contributed by atoms with Gasteiger partial charge in [0, 0.05) is 0 Å². The molecule has 10 heteroatoms. The molecule has 2 rings (SSSR count). The maximum Gasteiger partial charge on any atom is 0.354 e. The van der Waals surface area contributed by atoms with Gasteiger partial charge in [-0.1, -0.05) is 27.7 Å². The molecule has 4 atom stereocenters. The number of hydrogen-bond acceptors (Lipinski definition) is 7. The Hall–Kier alpha value is -0.423. The number of carbonyl (C=O) groups excluding carboxylic acids is 2. The van der Waals surface area contributed by atoms with Gasteiger partial charge in [-0.05, 0) is 49.5 Å². The lowest BCUT2D eigenvalue weighted by molar-refractivity contribution is -0.156. The van der Waals surface area contributed by atoms with Crippen LogP contribution in [0.1, 0.15) is 41.0 Å². The lowest BCUT2D eigenvalue weighted by atomic mass is 9.92. The lowest BCUT2D eigenvalue weighted by Gasteiger charge is -2.50. The van der Waals surface area contributed by atoms with Gasteiger partial charge >= 0.3 is 5.97 Å². The van der Waals surface area contributed by atoms with E-state index in [0.717, 1.165) is 11.8 Å². The van der Waals surface area contributed by atoms with E-state index in [1.165, 1.54) is 28.4 Å². The number of hydrogen-bond donors (Lipinski definition) is 1. The Morgan fingerprint density at radius 1 is 1.34 bits per heavy atom. The number of β-lactam (4-membered cyclic amide) rings is 1. The highest BCUT2D eigenvalue weighted by atomic mass is 32.2. The van der Waals surface area contributed by atoms with Gasteiger partial charge in [0.1, 0.15) is 0 Å². The third-order valence-corrected chi connectivity index (χ3v) is 14.2. The normalized spacial score (nSPS) is 28.4. The van der Waals surface area contributed by atoms with Crippen molar-refractivity contribution in [2.75, 3.05) is 6.26 Å². The molecule has 164 valence electrons. The zero-order chi connectivity index (χ0) is 22.3. The summed E-state index contributed by atoms with van der Waals surface area (Å²) in [6.07, 6.45) is 2.20. The number of nitrogens with zero attached hydrogens (tertiary/aromatic N) is 1. The first-order chi connectivity index (χ1) is 13.3. The number of carboxylic acid groups (broad SMARTS) is 1. The highest BCUT2D eigenvalue weighted by molar-refractivity contribution is 8.34. The van der Waals surface area contributed by atoms with Crippen molar-refractivity contribution in [3.05, 3.63) is 9.93 Å². The summed E-state index contributed by atoms with van der Waals surface area (Å²) in [4.78, 5) is 38.6. The van der Waals surface area contributed by atoms with Gasteiger partial charge < -0.3 is 9.53 Å². The van der Waals surface area contributed by atoms with E-state index >= 15 is 0 Å². The van der Waals surface area contributed by atoms with Gasteiger partial charge in [0.2, 0.25) is 11.0 Å². The van der Waals surface area contributed by atoms with Crippen LogP contribution >= 0.6 is 35.3 Å². The highest BCUT2D eigenvalue weighted by Gasteiger charge is 2.55. The van der Waals surface area contributed by atoms with Crippen molar-refractivity contribution in [2.45, 2.75) is 75.9 Å². The molecule has 1 amide bonds. The lowest BCUT2D eigenvalue weighted by Crippen LogP contribution is -2.64. The fraction of sp³-hybridized carbons (Fsp3) is 0.737. The van der Waals surface area contributed by atoms with Crippen LogP contribution in [0.2, 0.25) is 18.1 Å². The molecule has 0 aromatic carbocycles. The molecule has 0 aromatic rings. The first-order valence-corrected chi connectivity index (χ1v) is 15.6. The summed E-state index contributed by atoms with van der Waals surface area (Å²) in [6.45, 7) is 14.5. The Labute approximate surface area is 187 Å². The Balaban J connectivity index is 2.29. The van der Waals surface area contributed by atoms with Crippen LogP contribution in [-0.4, -0.2) is 58.3 Å². The summed E-state index contributed by atoms with van der Waals surface area (Å²) in [6, 6.07) is 0. The van der Waals surface area contributed by atoms with Crippen LogP contribution < -0.4 is 0 Å². The number of carboxylic acids is 1. The Morgan fingerprint density at radius 2 is 1.93 bits per heavy atom. The van der Waals surface area contributed by atoms with Gasteiger partial charge in [-0.3, -0.25) is 14.5 Å². The van der Waals surface area contributed by atoms with Crippen molar-refractivity contribution < 1.29 is 23.9 Å². The van der Waals surface area contributed by atoms with E-state index in [2.05, 4.69) is 33.9 Å². The van der Waals surface area contributed by atoms with Crippen LogP contribution in [0.3, 0.4) is 0 Å². The second kappa shape index (κ2) is 8.98. The van der Waals surface area contributed by atoms with Crippen molar-refractivity contribution in [3.63, 3.8) is 0 Å². The average molecular weight is 478 g/mol. The van der Waals surface area contributed by atoms with Gasteiger partial charge in [0.15, 0.2) is 14.0 Å². The Kier molecular flexibility index (Phi) is 7.69. The van der Waals surface area contributed by atoms with Gasteiger partial charge in [-0.15, -0.1) is 23.5 Å². The Bertz CT molecular complexity index is 734. The van der Waals surface area contributed by atoms with Gasteiger partial charge in [0.05, 0.1) is 26.9 Å². The monoisotopic (exact) mass is 477 g/mol. The van der Waals surface area contributed by atoms with E-state index in [9.17, 15) is 19.5 Å². The van der Waals surface area contributed by atoms with Crippen LogP contribution in [-0.2, 0) is 18.8 Å². The first kappa shape index (κ1) is 24.8. The summed E-state index contributed by atoms with van der Waals surface area (Å²) in [5.74, 6) is -1.81. The molecule has 2 fully saturated rings. The van der Waals surface area contributed by atoms with Crippen LogP contribution in [0.4, 0.5) is 0 Å². The quantitative estimate of drug-likeness (QED) is 0.324. The molecule has 2 aliphatic rings. The largest absolute Gasteiger partial charge is 0.477 e. The molecule has 2 aliphatic heterocycles. The van der Waals surface area contributed by atoms with Crippen LogP contribution in [0.25, 0.3) is 0 Å². The van der Waals surface area contributed by atoms with Crippen molar-refractivity contribution in [2.24, 2.45) is 5.92 Å². The molecule has 2 saturated heterocycles. The predicted octanol–water partition coefficient (Wildman–Crippen LogP) is 4.58. The second-order valence-electron chi connectivity index (χ2n) is 8.82. The van der Waals surface area contributed by atoms with Gasteiger partial charge in [-0.2, -0.15) is 0 Å². The summed E-state index contributed by atoms with van der Waals surface area (Å²) < 4.78 is 6.84. The van der Waals surface area contributed by atoms with Crippen LogP contribution in [0.5, 0.6) is 0 Å². The fourth-order valence-electron chi connectivity index (χ4n) is 3.12. The molecule has 0 bridgehead atoms. The number of thioether (sulfide) groups is 3. The summed E-state index contributed by atoms with van der Waals surface area (Å²) in [5, 5.41) is 9.23. The zero-order valence-corrected chi connectivity index (χ0v) is 21.7. The third kappa shape index (κ3) is 4.76. The third-order valence-electron chi connectivity index (χ3n) is 5.83.